The monoisotopic (exact) mass is 361 g/mol. The minimum absolute atomic E-state index is 0.360. The number of fused-ring (bicyclic) bond motifs is 1. The van der Waals surface area contributed by atoms with Crippen molar-refractivity contribution in [2.45, 2.75) is 25.3 Å². The van der Waals surface area contributed by atoms with Gasteiger partial charge in [0.05, 0.1) is 0 Å². The van der Waals surface area contributed by atoms with E-state index in [4.69, 9.17) is 5.41 Å². The number of benzene rings is 1. The van der Waals surface area contributed by atoms with Gasteiger partial charge < -0.3 is 21.4 Å². The Labute approximate surface area is 160 Å². The van der Waals surface area contributed by atoms with Crippen molar-refractivity contribution >= 4 is 23.7 Å². The van der Waals surface area contributed by atoms with Gasteiger partial charge in [0.1, 0.15) is 0 Å². The highest BCUT2D eigenvalue weighted by atomic mass is 15.0. The average Bonchev–Trinajstić information content (AvgIpc) is 2.74. The SMILES string of the molecule is CNc1ccc(C2=CC3CC=NC=C3C(NC3CCNCC3)=C2)cc1C=N. The van der Waals surface area contributed by atoms with Crippen LogP contribution in [0, 0.1) is 11.3 Å². The highest BCUT2D eigenvalue weighted by Crippen LogP contribution is 2.36. The number of nitrogens with one attached hydrogen (secondary N) is 4. The summed E-state index contributed by atoms with van der Waals surface area (Å²) >= 11 is 0. The maximum atomic E-state index is 7.71. The zero-order valence-corrected chi connectivity index (χ0v) is 15.8. The van der Waals surface area contributed by atoms with Gasteiger partial charge in [-0.05, 0) is 61.7 Å². The Balaban J connectivity index is 1.68. The Morgan fingerprint density at radius 1 is 1.26 bits per heavy atom. The molecule has 0 radical (unpaired) electrons. The fraction of sp³-hybridized carbons (Fsp3) is 0.364. The van der Waals surface area contributed by atoms with Crippen molar-refractivity contribution in [3.8, 4) is 0 Å². The van der Waals surface area contributed by atoms with E-state index < -0.39 is 0 Å². The number of allylic oxidation sites excluding steroid dienone is 4. The molecule has 1 fully saturated rings. The molecule has 0 aromatic heterocycles. The Morgan fingerprint density at radius 2 is 2.11 bits per heavy atom. The summed E-state index contributed by atoms with van der Waals surface area (Å²) < 4.78 is 0. The number of hydrogen-bond acceptors (Lipinski definition) is 5. The first-order chi connectivity index (χ1) is 13.3. The first kappa shape index (κ1) is 17.7. The molecule has 0 saturated carbocycles. The number of aliphatic imine (C=N–C) groups is 1. The molecule has 5 heteroatoms. The molecule has 3 aliphatic rings. The topological polar surface area (TPSA) is 72.3 Å². The van der Waals surface area contributed by atoms with Crippen LogP contribution in [0.3, 0.4) is 0 Å². The van der Waals surface area contributed by atoms with Crippen LogP contribution in [-0.2, 0) is 0 Å². The predicted molar refractivity (Wildman–Crippen MR) is 114 cm³/mol. The summed E-state index contributed by atoms with van der Waals surface area (Å²) in [6.45, 7) is 2.14. The number of anilines is 1. The molecule has 0 bridgehead atoms. The van der Waals surface area contributed by atoms with Crippen molar-refractivity contribution in [2.75, 3.05) is 25.5 Å². The molecule has 1 unspecified atom stereocenters. The lowest BCUT2D eigenvalue weighted by Crippen LogP contribution is -2.40. The number of nitrogens with zero attached hydrogens (tertiary/aromatic N) is 1. The van der Waals surface area contributed by atoms with Crippen molar-refractivity contribution in [1.29, 1.82) is 5.41 Å². The number of rotatable bonds is 5. The summed E-state index contributed by atoms with van der Waals surface area (Å²) in [7, 11) is 1.89. The van der Waals surface area contributed by atoms with E-state index in [1.807, 2.05) is 19.5 Å². The molecule has 4 rings (SSSR count). The van der Waals surface area contributed by atoms with Crippen LogP contribution in [0.1, 0.15) is 30.4 Å². The van der Waals surface area contributed by atoms with E-state index in [0.717, 1.165) is 49.2 Å². The van der Waals surface area contributed by atoms with Crippen LogP contribution < -0.4 is 16.0 Å². The molecule has 1 aromatic carbocycles. The van der Waals surface area contributed by atoms with Crippen molar-refractivity contribution in [3.63, 3.8) is 0 Å². The van der Waals surface area contributed by atoms with Gasteiger partial charge in [0.2, 0.25) is 0 Å². The van der Waals surface area contributed by atoms with Gasteiger partial charge in [0.25, 0.3) is 0 Å². The second-order valence-electron chi connectivity index (χ2n) is 7.30. The minimum Gasteiger partial charge on any atom is -0.388 e. The van der Waals surface area contributed by atoms with Crippen LogP contribution in [-0.4, -0.2) is 38.6 Å². The molecule has 5 nitrogen and oxygen atoms in total. The highest BCUT2D eigenvalue weighted by Gasteiger charge is 2.25. The number of hydrogen-bond donors (Lipinski definition) is 4. The van der Waals surface area contributed by atoms with Crippen molar-refractivity contribution < 1.29 is 0 Å². The normalized spacial score (nSPS) is 22.3. The van der Waals surface area contributed by atoms with E-state index in [0.29, 0.717) is 12.0 Å². The second-order valence-corrected chi connectivity index (χ2v) is 7.30. The Hall–Kier alpha value is -2.66. The quantitative estimate of drug-likeness (QED) is 0.608. The van der Waals surface area contributed by atoms with Crippen molar-refractivity contribution in [1.82, 2.24) is 10.6 Å². The average molecular weight is 361 g/mol. The maximum absolute atomic E-state index is 7.71. The fourth-order valence-electron chi connectivity index (χ4n) is 4.04. The van der Waals surface area contributed by atoms with E-state index in [1.54, 1.807) is 0 Å². The summed E-state index contributed by atoms with van der Waals surface area (Å²) in [6.07, 6.45) is 13.2. The van der Waals surface area contributed by atoms with Crippen LogP contribution in [0.2, 0.25) is 0 Å². The van der Waals surface area contributed by atoms with E-state index >= 15 is 0 Å². The summed E-state index contributed by atoms with van der Waals surface area (Å²) in [5.74, 6) is 0.360. The summed E-state index contributed by atoms with van der Waals surface area (Å²) in [4.78, 5) is 4.41. The van der Waals surface area contributed by atoms with Crippen LogP contribution in [0.15, 0.2) is 52.8 Å². The second kappa shape index (κ2) is 7.92. The first-order valence-electron chi connectivity index (χ1n) is 9.74. The lowest BCUT2D eigenvalue weighted by molar-refractivity contribution is 0.411. The zero-order valence-electron chi connectivity index (χ0n) is 15.8. The lowest BCUT2D eigenvalue weighted by Gasteiger charge is -2.32. The molecule has 4 N–H and O–H groups in total. The summed E-state index contributed by atoms with van der Waals surface area (Å²) in [5, 5.41) is 18.1. The summed E-state index contributed by atoms with van der Waals surface area (Å²) in [6, 6.07) is 6.79. The van der Waals surface area contributed by atoms with Gasteiger partial charge in [-0.3, -0.25) is 4.99 Å². The van der Waals surface area contributed by atoms with E-state index in [1.165, 1.54) is 23.1 Å². The van der Waals surface area contributed by atoms with Crippen molar-refractivity contribution in [3.05, 3.63) is 58.9 Å². The van der Waals surface area contributed by atoms with Crippen LogP contribution in [0.5, 0.6) is 0 Å². The largest absolute Gasteiger partial charge is 0.388 e. The molecule has 2 heterocycles. The molecule has 1 atom stereocenters. The molecule has 1 saturated heterocycles. The molecule has 2 aliphatic heterocycles. The van der Waals surface area contributed by atoms with E-state index in [-0.39, 0.29) is 0 Å². The Morgan fingerprint density at radius 3 is 2.89 bits per heavy atom. The van der Waals surface area contributed by atoms with Gasteiger partial charge in [0.15, 0.2) is 0 Å². The van der Waals surface area contributed by atoms with Crippen LogP contribution in [0.25, 0.3) is 5.57 Å². The van der Waals surface area contributed by atoms with E-state index in [9.17, 15) is 0 Å². The maximum Gasteiger partial charge on any atom is 0.0426 e. The molecule has 1 aliphatic carbocycles. The third kappa shape index (κ3) is 3.74. The third-order valence-electron chi connectivity index (χ3n) is 5.58. The minimum atomic E-state index is 0.360. The Bertz CT molecular complexity index is 840. The lowest BCUT2D eigenvalue weighted by atomic mass is 9.83. The molecule has 27 heavy (non-hydrogen) atoms. The van der Waals surface area contributed by atoms with Crippen LogP contribution in [0.4, 0.5) is 5.69 Å². The molecule has 140 valence electrons. The van der Waals surface area contributed by atoms with Crippen LogP contribution >= 0.6 is 0 Å². The van der Waals surface area contributed by atoms with Gasteiger partial charge in [-0.2, -0.15) is 0 Å². The van der Waals surface area contributed by atoms with Gasteiger partial charge >= 0.3 is 0 Å². The van der Waals surface area contributed by atoms with Gasteiger partial charge in [0, 0.05) is 60.2 Å². The highest BCUT2D eigenvalue weighted by molar-refractivity contribution is 5.89. The third-order valence-corrected chi connectivity index (χ3v) is 5.58. The molecule has 1 aromatic rings. The molecule has 0 spiro atoms. The summed E-state index contributed by atoms with van der Waals surface area (Å²) in [5.41, 5.74) is 6.75. The zero-order chi connectivity index (χ0) is 18.6. The van der Waals surface area contributed by atoms with Gasteiger partial charge in [-0.1, -0.05) is 12.1 Å². The van der Waals surface area contributed by atoms with E-state index in [2.05, 4.69) is 51.3 Å². The van der Waals surface area contributed by atoms with Crippen molar-refractivity contribution in [2.24, 2.45) is 10.9 Å². The fourth-order valence-corrected chi connectivity index (χ4v) is 4.04. The predicted octanol–water partition coefficient (Wildman–Crippen LogP) is 3.32. The standard InChI is InChI=1S/C22H27N5/c1-24-21-3-2-15(10-18(21)13-23)17-11-16-4-7-26-14-20(16)22(12-17)27-19-5-8-25-9-6-19/h2-3,7,10-14,16,19,23-25,27H,4-6,8-9H2,1H3. The Kier molecular flexibility index (Phi) is 5.21. The smallest absolute Gasteiger partial charge is 0.0426 e. The van der Waals surface area contributed by atoms with Gasteiger partial charge in [-0.25, -0.2) is 0 Å². The number of piperidine rings is 1. The van der Waals surface area contributed by atoms with Gasteiger partial charge in [-0.15, -0.1) is 0 Å². The molecule has 0 amide bonds. The molecular weight excluding hydrogens is 334 g/mol. The first-order valence-corrected chi connectivity index (χ1v) is 9.74. The molecular formula is C22H27N5.